The Bertz CT molecular complexity index is 1550. The summed E-state index contributed by atoms with van der Waals surface area (Å²) >= 11 is 3.39. The number of benzene rings is 1. The van der Waals surface area contributed by atoms with Crippen molar-refractivity contribution in [3.63, 3.8) is 0 Å². The van der Waals surface area contributed by atoms with E-state index < -0.39 is 35.2 Å². The minimum absolute atomic E-state index is 0.0382. The van der Waals surface area contributed by atoms with Crippen LogP contribution in [0.4, 0.5) is 19.7 Å². The minimum Gasteiger partial charge on any atom is -0.473 e. The van der Waals surface area contributed by atoms with E-state index in [4.69, 9.17) is 14.2 Å². The molecule has 250 valence electrons. The summed E-state index contributed by atoms with van der Waals surface area (Å²) in [6.45, 7) is 14.2. The lowest BCUT2D eigenvalue weighted by atomic mass is 9.78. The summed E-state index contributed by atoms with van der Waals surface area (Å²) < 4.78 is 34.5. The third-order valence-electron chi connectivity index (χ3n) is 8.97. The van der Waals surface area contributed by atoms with Crippen LogP contribution < -0.4 is 9.64 Å². The summed E-state index contributed by atoms with van der Waals surface area (Å²) in [5.74, 6) is -0.448. The molecule has 0 radical (unpaired) electrons. The highest BCUT2D eigenvalue weighted by atomic mass is 79.9. The van der Waals surface area contributed by atoms with Crippen molar-refractivity contribution < 1.29 is 28.2 Å². The molecule has 4 heterocycles. The number of nitriles is 1. The number of carbonyl (C=O) groups is 2. The van der Waals surface area contributed by atoms with Crippen LogP contribution in [-0.4, -0.2) is 82.5 Å². The Morgan fingerprint density at radius 2 is 1.89 bits per heavy atom. The van der Waals surface area contributed by atoms with Crippen molar-refractivity contribution >= 4 is 44.7 Å². The average Bonchev–Trinajstić information content (AvgIpc) is 3.66. The number of fused-ring (bicyclic) bond motifs is 2. The Labute approximate surface area is 279 Å². The van der Waals surface area contributed by atoms with E-state index >= 15 is 4.39 Å². The molecule has 2 amide bonds. The number of aromatic nitrogens is 1. The van der Waals surface area contributed by atoms with Crippen molar-refractivity contribution in [1.29, 1.82) is 5.26 Å². The molecule has 0 N–H and O–H groups in total. The molecule has 1 aromatic carbocycles. The molecular formula is C34H45BrFN5O5. The lowest BCUT2D eigenvalue weighted by Gasteiger charge is -2.44. The molecule has 1 saturated carbocycles. The normalized spacial score (nSPS) is 23.5. The van der Waals surface area contributed by atoms with Gasteiger partial charge in [-0.3, -0.25) is 9.80 Å². The third kappa shape index (κ3) is 6.91. The van der Waals surface area contributed by atoms with Crippen molar-refractivity contribution in [2.75, 3.05) is 25.0 Å². The molecule has 1 aliphatic carbocycles. The van der Waals surface area contributed by atoms with Crippen molar-refractivity contribution in [2.24, 2.45) is 5.92 Å². The summed E-state index contributed by atoms with van der Waals surface area (Å²) in [6, 6.07) is 5.01. The quantitative estimate of drug-likeness (QED) is 0.298. The van der Waals surface area contributed by atoms with Gasteiger partial charge in [0, 0.05) is 36.4 Å². The van der Waals surface area contributed by atoms with Crippen LogP contribution in [0.1, 0.15) is 79.7 Å². The SMILES string of the molecule is C[C@H](Oc1cc(N(C(=O)OC(C)(C)C)[C@H]2C3CC2N(C(=O)OC(C)(C)C)C3)c2cc(CCC#N)c(Br)c(F)c2n1)[C@@H]1CCCN1C. The second-order valence-corrected chi connectivity index (χ2v) is 15.5. The number of hydrogen-bond donors (Lipinski definition) is 0. The van der Waals surface area contributed by atoms with Gasteiger partial charge in [0.2, 0.25) is 5.88 Å². The first kappa shape index (κ1) is 34.2. The van der Waals surface area contributed by atoms with Gasteiger partial charge in [0.1, 0.15) is 22.8 Å². The number of anilines is 1. The molecule has 2 bridgehead atoms. The molecule has 10 nitrogen and oxygen atoms in total. The average molecular weight is 703 g/mol. The molecule has 6 rings (SSSR count). The van der Waals surface area contributed by atoms with Crippen molar-refractivity contribution in [1.82, 2.24) is 14.8 Å². The van der Waals surface area contributed by atoms with E-state index in [1.165, 1.54) is 0 Å². The van der Waals surface area contributed by atoms with E-state index in [1.54, 1.807) is 42.7 Å². The molecular weight excluding hydrogens is 657 g/mol. The van der Waals surface area contributed by atoms with Crippen LogP contribution in [0.2, 0.25) is 0 Å². The van der Waals surface area contributed by atoms with Gasteiger partial charge in [0.25, 0.3) is 0 Å². The Morgan fingerprint density at radius 3 is 2.50 bits per heavy atom. The van der Waals surface area contributed by atoms with Gasteiger partial charge in [-0.1, -0.05) is 0 Å². The highest BCUT2D eigenvalue weighted by Crippen LogP contribution is 2.48. The van der Waals surface area contributed by atoms with E-state index in [2.05, 4.69) is 38.9 Å². The van der Waals surface area contributed by atoms with Crippen LogP contribution in [0.25, 0.3) is 10.9 Å². The first-order valence-electron chi connectivity index (χ1n) is 16.1. The van der Waals surface area contributed by atoms with E-state index in [1.807, 2.05) is 27.7 Å². The predicted molar refractivity (Wildman–Crippen MR) is 176 cm³/mol. The number of nitrogens with zero attached hydrogens (tertiary/aromatic N) is 5. The van der Waals surface area contributed by atoms with Crippen molar-refractivity contribution in [2.45, 2.75) is 116 Å². The lowest BCUT2D eigenvalue weighted by Crippen LogP contribution is -2.58. The summed E-state index contributed by atoms with van der Waals surface area (Å²) in [7, 11) is 2.06. The summed E-state index contributed by atoms with van der Waals surface area (Å²) in [4.78, 5) is 37.6. The third-order valence-corrected chi connectivity index (χ3v) is 9.83. The number of pyridine rings is 1. The first-order chi connectivity index (χ1) is 21.5. The molecule has 46 heavy (non-hydrogen) atoms. The molecule has 4 fully saturated rings. The first-order valence-corrected chi connectivity index (χ1v) is 16.9. The topological polar surface area (TPSA) is 108 Å². The largest absolute Gasteiger partial charge is 0.473 e. The summed E-state index contributed by atoms with van der Waals surface area (Å²) in [5, 5.41) is 9.66. The Morgan fingerprint density at radius 1 is 1.20 bits per heavy atom. The molecule has 2 aromatic rings. The maximum atomic E-state index is 16.2. The Hall–Kier alpha value is -3.17. The molecule has 2 unspecified atom stereocenters. The number of halogens is 2. The van der Waals surface area contributed by atoms with E-state index in [-0.39, 0.29) is 46.4 Å². The molecule has 12 heteroatoms. The number of rotatable bonds is 7. The number of likely N-dealkylation sites (tertiary alicyclic amines) is 1. The maximum Gasteiger partial charge on any atom is 0.415 e. The van der Waals surface area contributed by atoms with E-state index in [9.17, 15) is 14.9 Å². The van der Waals surface area contributed by atoms with Gasteiger partial charge >= 0.3 is 12.2 Å². The number of likely N-dealkylation sites (N-methyl/N-ethyl adjacent to an activating group) is 1. The fourth-order valence-corrected chi connectivity index (χ4v) is 7.44. The predicted octanol–water partition coefficient (Wildman–Crippen LogP) is 7.20. The van der Waals surface area contributed by atoms with Crippen LogP contribution in [0.3, 0.4) is 0 Å². The second kappa shape index (κ2) is 12.8. The molecule has 3 aliphatic heterocycles. The minimum atomic E-state index is -0.820. The van der Waals surface area contributed by atoms with Gasteiger partial charge < -0.3 is 19.1 Å². The van der Waals surface area contributed by atoms with Gasteiger partial charge in [0.15, 0.2) is 5.82 Å². The maximum absolute atomic E-state index is 16.2. The zero-order chi connectivity index (χ0) is 33.7. The van der Waals surface area contributed by atoms with Gasteiger partial charge in [-0.25, -0.2) is 19.0 Å². The van der Waals surface area contributed by atoms with Crippen molar-refractivity contribution in [3.8, 4) is 11.9 Å². The Balaban J connectivity index is 1.65. The van der Waals surface area contributed by atoms with Gasteiger partial charge in [-0.05, 0) is 115 Å². The number of aryl methyl sites for hydroxylation is 1. The zero-order valence-corrected chi connectivity index (χ0v) is 29.6. The van der Waals surface area contributed by atoms with Crippen LogP contribution in [0.5, 0.6) is 5.88 Å². The smallest absolute Gasteiger partial charge is 0.415 e. The van der Waals surface area contributed by atoms with Gasteiger partial charge in [-0.2, -0.15) is 5.26 Å². The number of amides is 2. The zero-order valence-electron chi connectivity index (χ0n) is 28.0. The molecule has 1 aromatic heterocycles. The van der Waals surface area contributed by atoms with Gasteiger partial charge in [0.05, 0.1) is 28.3 Å². The Kier molecular flexibility index (Phi) is 9.50. The lowest BCUT2D eigenvalue weighted by molar-refractivity contribution is 0.0216. The second-order valence-electron chi connectivity index (χ2n) is 14.7. The van der Waals surface area contributed by atoms with Crippen molar-refractivity contribution in [3.05, 3.63) is 28.0 Å². The standard InChI is InChI=1S/C34H45BrFN5O5/c1-19(23-12-10-14-39(23)8)44-26-17-24(22-15-20(11-9-13-37)27(35)28(36)29(22)38-26)41(32(43)46-34(5,6)7)30-21-16-25(30)40(18-21)31(42)45-33(2,3)4/h15,17,19,21,23,25,30H,9-12,14,16,18H2,1-8H3/t19-,21?,23-,25?,30-/m0/s1. The molecule has 4 aliphatic rings. The van der Waals surface area contributed by atoms with E-state index in [0.717, 1.165) is 19.4 Å². The summed E-state index contributed by atoms with van der Waals surface area (Å²) in [5.41, 5.74) is -0.487. The van der Waals surface area contributed by atoms with Gasteiger partial charge in [-0.15, -0.1) is 0 Å². The monoisotopic (exact) mass is 701 g/mol. The fourth-order valence-electron chi connectivity index (χ4n) is 6.94. The van der Waals surface area contributed by atoms with Crippen LogP contribution >= 0.6 is 15.9 Å². The molecule has 0 spiro atoms. The number of hydrogen-bond acceptors (Lipinski definition) is 8. The molecule has 5 atom stereocenters. The van der Waals surface area contributed by atoms with Crippen LogP contribution in [0, 0.1) is 23.1 Å². The number of ether oxygens (including phenoxy) is 3. The van der Waals surface area contributed by atoms with E-state index in [0.29, 0.717) is 36.0 Å². The molecule has 3 saturated heterocycles. The van der Waals surface area contributed by atoms with Crippen LogP contribution in [0.15, 0.2) is 16.6 Å². The fraction of sp³-hybridized carbons (Fsp3) is 0.647. The van der Waals surface area contributed by atoms with Crippen LogP contribution in [-0.2, 0) is 15.9 Å². The highest BCUT2D eigenvalue weighted by molar-refractivity contribution is 9.10. The highest BCUT2D eigenvalue weighted by Gasteiger charge is 2.59. The number of carbonyl (C=O) groups excluding carboxylic acids is 2. The summed E-state index contributed by atoms with van der Waals surface area (Å²) in [6.07, 6.45) is 1.94.